The highest BCUT2D eigenvalue weighted by Gasteiger charge is 2.19. The fourth-order valence-electron chi connectivity index (χ4n) is 1.40. The van der Waals surface area contributed by atoms with Gasteiger partial charge in [-0.15, -0.1) is 11.8 Å². The second-order valence-corrected chi connectivity index (χ2v) is 5.34. The number of hydrogen-bond acceptors (Lipinski definition) is 4. The summed E-state index contributed by atoms with van der Waals surface area (Å²) in [4.78, 5) is 10.7. The SMILES string of the molecule is C[C@@H](SCc1cc(Cl)c2c(c1)OCO2)C(=O)O. The van der Waals surface area contributed by atoms with Gasteiger partial charge in [0.1, 0.15) is 0 Å². The van der Waals surface area contributed by atoms with Gasteiger partial charge in [0, 0.05) is 5.75 Å². The lowest BCUT2D eigenvalue weighted by molar-refractivity contribution is -0.136. The lowest BCUT2D eigenvalue weighted by Crippen LogP contribution is -2.11. The molecule has 0 saturated heterocycles. The van der Waals surface area contributed by atoms with Gasteiger partial charge < -0.3 is 14.6 Å². The van der Waals surface area contributed by atoms with Crippen LogP contribution >= 0.6 is 23.4 Å². The number of thioether (sulfide) groups is 1. The largest absolute Gasteiger partial charge is 0.480 e. The third-order valence-corrected chi connectivity index (χ3v) is 3.82. The highest BCUT2D eigenvalue weighted by molar-refractivity contribution is 7.99. The Hall–Kier alpha value is -1.07. The summed E-state index contributed by atoms with van der Waals surface area (Å²) in [5.41, 5.74) is 0.928. The lowest BCUT2D eigenvalue weighted by Gasteiger charge is -2.07. The molecule has 0 aliphatic carbocycles. The molecule has 0 saturated carbocycles. The summed E-state index contributed by atoms with van der Waals surface area (Å²) in [6.07, 6.45) is 0. The molecule has 1 aliphatic heterocycles. The smallest absolute Gasteiger partial charge is 0.316 e. The second kappa shape index (κ2) is 5.06. The summed E-state index contributed by atoms with van der Waals surface area (Å²) in [7, 11) is 0. The first-order valence-corrected chi connectivity index (χ1v) is 6.43. The maximum Gasteiger partial charge on any atom is 0.316 e. The molecular weight excluding hydrogens is 264 g/mol. The number of ether oxygens (including phenoxy) is 2. The molecule has 2 rings (SSSR count). The fraction of sp³-hybridized carbons (Fsp3) is 0.364. The van der Waals surface area contributed by atoms with E-state index in [1.807, 2.05) is 6.07 Å². The van der Waals surface area contributed by atoms with Crippen LogP contribution in [0, 0.1) is 0 Å². The molecular formula is C11H11ClO4S. The van der Waals surface area contributed by atoms with Crippen LogP contribution in [-0.2, 0) is 10.5 Å². The van der Waals surface area contributed by atoms with E-state index < -0.39 is 11.2 Å². The Bertz CT molecular complexity index is 449. The van der Waals surface area contributed by atoms with Gasteiger partial charge in [-0.2, -0.15) is 0 Å². The van der Waals surface area contributed by atoms with Crippen LogP contribution in [-0.4, -0.2) is 23.1 Å². The summed E-state index contributed by atoms with van der Waals surface area (Å²) in [6.45, 7) is 1.83. The van der Waals surface area contributed by atoms with Crippen LogP contribution in [0.15, 0.2) is 12.1 Å². The van der Waals surface area contributed by atoms with Crippen LogP contribution in [0.2, 0.25) is 5.02 Å². The Morgan fingerprint density at radius 1 is 1.59 bits per heavy atom. The quantitative estimate of drug-likeness (QED) is 0.915. The average Bonchev–Trinajstić information content (AvgIpc) is 2.74. The number of carbonyl (C=O) groups is 1. The van der Waals surface area contributed by atoms with Crippen LogP contribution in [0.3, 0.4) is 0 Å². The number of benzene rings is 1. The van der Waals surface area contributed by atoms with Crippen molar-refractivity contribution in [2.24, 2.45) is 0 Å². The predicted molar refractivity (Wildman–Crippen MR) is 66.0 cm³/mol. The third-order valence-electron chi connectivity index (χ3n) is 2.33. The van der Waals surface area contributed by atoms with E-state index in [2.05, 4.69) is 0 Å². The van der Waals surface area contributed by atoms with E-state index >= 15 is 0 Å². The standard InChI is InChI=1S/C11H11ClO4S/c1-6(11(13)14)17-4-7-2-8(12)10-9(3-7)15-5-16-10/h2-3,6H,4-5H2,1H3,(H,13,14)/t6-/m1/s1. The van der Waals surface area contributed by atoms with Crippen LogP contribution in [0.25, 0.3) is 0 Å². The molecule has 1 aromatic rings. The average molecular weight is 275 g/mol. The van der Waals surface area contributed by atoms with Gasteiger partial charge in [0.05, 0.1) is 10.3 Å². The zero-order valence-electron chi connectivity index (χ0n) is 9.10. The minimum absolute atomic E-state index is 0.178. The molecule has 1 N–H and O–H groups in total. The summed E-state index contributed by atoms with van der Waals surface area (Å²) >= 11 is 7.36. The molecule has 0 fully saturated rings. The number of hydrogen-bond donors (Lipinski definition) is 1. The molecule has 1 aliphatic rings. The van der Waals surface area contributed by atoms with Gasteiger partial charge >= 0.3 is 5.97 Å². The van der Waals surface area contributed by atoms with Gasteiger partial charge in [-0.05, 0) is 24.6 Å². The van der Waals surface area contributed by atoms with E-state index in [1.54, 1.807) is 13.0 Å². The number of halogens is 1. The highest BCUT2D eigenvalue weighted by Crippen LogP contribution is 2.40. The normalized spacial score (nSPS) is 14.7. The minimum atomic E-state index is -0.818. The molecule has 1 atom stereocenters. The molecule has 0 spiro atoms. The Morgan fingerprint density at radius 3 is 3.06 bits per heavy atom. The molecule has 0 radical (unpaired) electrons. The first-order chi connectivity index (χ1) is 8.08. The van der Waals surface area contributed by atoms with E-state index in [-0.39, 0.29) is 6.79 Å². The zero-order chi connectivity index (χ0) is 12.4. The van der Waals surface area contributed by atoms with Crippen molar-refractivity contribution in [3.8, 4) is 11.5 Å². The van der Waals surface area contributed by atoms with Gasteiger partial charge in [0.2, 0.25) is 6.79 Å². The summed E-state index contributed by atoms with van der Waals surface area (Å²) in [6, 6.07) is 3.60. The molecule has 1 heterocycles. The van der Waals surface area contributed by atoms with Crippen LogP contribution < -0.4 is 9.47 Å². The maximum absolute atomic E-state index is 10.7. The number of carboxylic acid groups (broad SMARTS) is 1. The molecule has 0 unspecified atom stereocenters. The highest BCUT2D eigenvalue weighted by atomic mass is 35.5. The minimum Gasteiger partial charge on any atom is -0.480 e. The van der Waals surface area contributed by atoms with Crippen molar-refractivity contribution < 1.29 is 19.4 Å². The van der Waals surface area contributed by atoms with E-state index in [4.69, 9.17) is 26.2 Å². The Kier molecular flexibility index (Phi) is 3.69. The molecule has 0 bridgehead atoms. The van der Waals surface area contributed by atoms with Crippen LogP contribution in [0.5, 0.6) is 11.5 Å². The molecule has 92 valence electrons. The predicted octanol–water partition coefficient (Wildman–Crippen LogP) is 2.78. The molecule has 0 amide bonds. The van der Waals surface area contributed by atoms with Gasteiger partial charge in [-0.25, -0.2) is 0 Å². The topological polar surface area (TPSA) is 55.8 Å². The molecule has 4 nitrogen and oxygen atoms in total. The first-order valence-electron chi connectivity index (χ1n) is 5.00. The molecule has 1 aromatic carbocycles. The molecule has 0 aromatic heterocycles. The monoisotopic (exact) mass is 274 g/mol. The van der Waals surface area contributed by atoms with Gasteiger partial charge in [-0.1, -0.05) is 11.6 Å². The van der Waals surface area contributed by atoms with Crippen molar-refractivity contribution in [2.75, 3.05) is 6.79 Å². The third kappa shape index (κ3) is 2.79. The number of aliphatic carboxylic acids is 1. The van der Waals surface area contributed by atoms with Crippen molar-refractivity contribution in [3.63, 3.8) is 0 Å². The summed E-state index contributed by atoms with van der Waals surface area (Å²) in [5, 5.41) is 8.83. The Balaban J connectivity index is 2.07. The van der Waals surface area contributed by atoms with E-state index in [0.29, 0.717) is 22.3 Å². The zero-order valence-corrected chi connectivity index (χ0v) is 10.7. The first kappa shape index (κ1) is 12.4. The number of fused-ring (bicyclic) bond motifs is 1. The van der Waals surface area contributed by atoms with Crippen molar-refractivity contribution in [2.45, 2.75) is 17.9 Å². The maximum atomic E-state index is 10.7. The Labute approximate surface area is 108 Å². The van der Waals surface area contributed by atoms with E-state index in [9.17, 15) is 4.79 Å². The number of carboxylic acids is 1. The molecule has 6 heteroatoms. The van der Waals surface area contributed by atoms with Gasteiger partial charge in [0.15, 0.2) is 11.5 Å². The van der Waals surface area contributed by atoms with Gasteiger partial charge in [-0.3, -0.25) is 4.79 Å². The summed E-state index contributed by atoms with van der Waals surface area (Å²) in [5.74, 6) is 0.939. The second-order valence-electron chi connectivity index (χ2n) is 3.60. The van der Waals surface area contributed by atoms with Gasteiger partial charge in [0.25, 0.3) is 0 Å². The lowest BCUT2D eigenvalue weighted by atomic mass is 10.2. The van der Waals surface area contributed by atoms with Crippen LogP contribution in [0.1, 0.15) is 12.5 Å². The van der Waals surface area contributed by atoms with E-state index in [1.165, 1.54) is 11.8 Å². The fourth-order valence-corrected chi connectivity index (χ4v) is 2.44. The Morgan fingerprint density at radius 2 is 2.35 bits per heavy atom. The van der Waals surface area contributed by atoms with Crippen LogP contribution in [0.4, 0.5) is 0 Å². The molecule has 17 heavy (non-hydrogen) atoms. The summed E-state index contributed by atoms with van der Waals surface area (Å²) < 4.78 is 10.4. The number of rotatable bonds is 4. The van der Waals surface area contributed by atoms with Crippen molar-refractivity contribution in [3.05, 3.63) is 22.7 Å². The van der Waals surface area contributed by atoms with Crippen molar-refractivity contribution in [1.82, 2.24) is 0 Å². The van der Waals surface area contributed by atoms with Crippen molar-refractivity contribution in [1.29, 1.82) is 0 Å². The van der Waals surface area contributed by atoms with E-state index in [0.717, 1.165) is 5.56 Å². The van der Waals surface area contributed by atoms with Crippen molar-refractivity contribution >= 4 is 29.3 Å².